The van der Waals surface area contributed by atoms with Gasteiger partial charge < -0.3 is 9.47 Å². The van der Waals surface area contributed by atoms with Gasteiger partial charge in [-0.05, 0) is 44.2 Å². The molecule has 31 heavy (non-hydrogen) atoms. The molecule has 0 saturated carbocycles. The maximum absolute atomic E-state index is 12.8. The Kier molecular flexibility index (Phi) is 6.68. The summed E-state index contributed by atoms with van der Waals surface area (Å²) >= 11 is 0. The van der Waals surface area contributed by atoms with Gasteiger partial charge in [-0.2, -0.15) is 0 Å². The highest BCUT2D eigenvalue weighted by Gasteiger charge is 2.25. The molecular weight excluding hydrogens is 416 g/mol. The molecule has 8 nitrogen and oxygen atoms in total. The van der Waals surface area contributed by atoms with Crippen LogP contribution < -0.4 is 0 Å². The summed E-state index contributed by atoms with van der Waals surface area (Å²) in [5, 5.41) is 0. The molecule has 0 N–H and O–H groups in total. The maximum atomic E-state index is 12.8. The molecule has 1 fully saturated rings. The Morgan fingerprint density at radius 1 is 1.00 bits per heavy atom. The number of aryl methyl sites for hydroxylation is 1. The zero-order valence-corrected chi connectivity index (χ0v) is 19.6. The van der Waals surface area contributed by atoms with Gasteiger partial charge in [-0.1, -0.05) is 0 Å². The third-order valence-corrected chi connectivity index (χ3v) is 7.81. The second-order valence-corrected chi connectivity index (χ2v) is 10.3. The topological polar surface area (TPSA) is 82.9 Å². The van der Waals surface area contributed by atoms with Crippen LogP contribution in [0.5, 0.6) is 0 Å². The third-order valence-electron chi connectivity index (χ3n) is 5.98. The quantitative estimate of drug-likeness (QED) is 0.629. The van der Waals surface area contributed by atoms with Crippen LogP contribution in [0.15, 0.2) is 35.2 Å². The van der Waals surface area contributed by atoms with E-state index in [4.69, 9.17) is 0 Å². The number of ketones is 1. The summed E-state index contributed by atoms with van der Waals surface area (Å²) in [6, 6.07) is 7.95. The number of nitrogens with zero attached hydrogens (tertiary/aromatic N) is 4. The minimum absolute atomic E-state index is 0.0960. The van der Waals surface area contributed by atoms with Crippen LogP contribution in [-0.2, 0) is 17.1 Å². The molecule has 0 aliphatic carbocycles. The molecule has 0 unspecified atom stereocenters. The van der Waals surface area contributed by atoms with E-state index in [-0.39, 0.29) is 16.6 Å². The Morgan fingerprint density at radius 2 is 1.58 bits per heavy atom. The number of hydrogen-bond donors (Lipinski definition) is 0. The number of carbonyl (C=O) groups is 2. The van der Waals surface area contributed by atoms with Gasteiger partial charge >= 0.3 is 0 Å². The van der Waals surface area contributed by atoms with E-state index in [0.717, 1.165) is 21.3 Å². The first-order chi connectivity index (χ1) is 14.5. The molecule has 0 radical (unpaired) electrons. The van der Waals surface area contributed by atoms with Crippen molar-refractivity contribution in [1.82, 2.24) is 18.7 Å². The number of Topliss-reactive ketones (excluding diaryl/α,β-unsaturated/α-hetero) is 1. The fraction of sp³-hybridized carbons (Fsp3) is 0.455. The summed E-state index contributed by atoms with van der Waals surface area (Å²) in [7, 11) is 1.37. The second-order valence-electron chi connectivity index (χ2n) is 8.15. The van der Waals surface area contributed by atoms with Gasteiger partial charge in [0.1, 0.15) is 0 Å². The van der Waals surface area contributed by atoms with Crippen molar-refractivity contribution >= 4 is 21.7 Å². The maximum Gasteiger partial charge on any atom is 0.253 e. The van der Waals surface area contributed by atoms with Gasteiger partial charge in [-0.3, -0.25) is 14.5 Å². The van der Waals surface area contributed by atoms with Gasteiger partial charge in [0.15, 0.2) is 5.78 Å². The number of amides is 1. The molecule has 1 aliphatic heterocycles. The zero-order valence-electron chi connectivity index (χ0n) is 18.8. The summed E-state index contributed by atoms with van der Waals surface area (Å²) in [5.74, 6) is -0.0343. The molecule has 3 rings (SSSR count). The van der Waals surface area contributed by atoms with Gasteiger partial charge in [-0.15, -0.1) is 0 Å². The Morgan fingerprint density at radius 3 is 2.06 bits per heavy atom. The Labute approximate surface area is 184 Å². The normalized spacial score (nSPS) is 15.5. The molecule has 0 spiro atoms. The molecule has 2 aromatic rings. The third kappa shape index (κ3) is 4.73. The van der Waals surface area contributed by atoms with E-state index in [0.29, 0.717) is 38.3 Å². The average Bonchev–Trinajstić information content (AvgIpc) is 3.01. The summed E-state index contributed by atoms with van der Waals surface area (Å²) in [6.45, 7) is 6.56. The minimum atomic E-state index is -3.52. The number of carbonyl (C=O) groups excluding carboxylic acids is 2. The van der Waals surface area contributed by atoms with Gasteiger partial charge in [0.2, 0.25) is 10.0 Å². The predicted molar refractivity (Wildman–Crippen MR) is 119 cm³/mol. The van der Waals surface area contributed by atoms with E-state index in [1.807, 2.05) is 31.5 Å². The molecular formula is C22H30N4O4S. The lowest BCUT2D eigenvalue weighted by Gasteiger charge is -2.34. The van der Waals surface area contributed by atoms with Crippen LogP contribution in [0.4, 0.5) is 0 Å². The van der Waals surface area contributed by atoms with Crippen molar-refractivity contribution in [3.8, 4) is 0 Å². The van der Waals surface area contributed by atoms with Crippen LogP contribution in [0.3, 0.4) is 0 Å². The van der Waals surface area contributed by atoms with Crippen molar-refractivity contribution < 1.29 is 18.0 Å². The van der Waals surface area contributed by atoms with E-state index < -0.39 is 10.0 Å². The van der Waals surface area contributed by atoms with Gasteiger partial charge in [0.05, 0.1) is 11.4 Å². The van der Waals surface area contributed by atoms with Crippen molar-refractivity contribution in [3.05, 3.63) is 52.8 Å². The van der Waals surface area contributed by atoms with E-state index in [1.165, 1.54) is 26.2 Å². The van der Waals surface area contributed by atoms with E-state index in [1.54, 1.807) is 17.0 Å². The molecule has 1 amide bonds. The molecule has 0 atom stereocenters. The number of aromatic nitrogens is 1. The van der Waals surface area contributed by atoms with Crippen molar-refractivity contribution in [1.29, 1.82) is 0 Å². The Balaban J connectivity index is 1.58. The minimum Gasteiger partial charge on any atom is -0.351 e. The highest BCUT2D eigenvalue weighted by atomic mass is 32.2. The predicted octanol–water partition coefficient (Wildman–Crippen LogP) is 1.53. The number of piperazine rings is 1. The number of rotatable bonds is 6. The largest absolute Gasteiger partial charge is 0.351 e. The van der Waals surface area contributed by atoms with Crippen molar-refractivity contribution in [2.75, 3.05) is 46.8 Å². The Hall–Kier alpha value is -2.49. The summed E-state index contributed by atoms with van der Waals surface area (Å²) in [4.78, 5) is 29.5. The van der Waals surface area contributed by atoms with Gasteiger partial charge in [0.25, 0.3) is 5.91 Å². The average molecular weight is 447 g/mol. The van der Waals surface area contributed by atoms with Crippen LogP contribution in [0.2, 0.25) is 0 Å². The summed E-state index contributed by atoms with van der Waals surface area (Å²) < 4.78 is 27.5. The molecule has 1 saturated heterocycles. The van der Waals surface area contributed by atoms with Crippen LogP contribution in [0.1, 0.15) is 32.1 Å². The fourth-order valence-corrected chi connectivity index (χ4v) is 4.60. The van der Waals surface area contributed by atoms with Crippen LogP contribution in [-0.4, -0.2) is 85.6 Å². The van der Waals surface area contributed by atoms with Crippen molar-refractivity contribution in [3.63, 3.8) is 0 Å². The molecule has 1 aromatic heterocycles. The van der Waals surface area contributed by atoms with Crippen molar-refractivity contribution in [2.45, 2.75) is 18.7 Å². The highest BCUT2D eigenvalue weighted by Crippen LogP contribution is 2.17. The summed E-state index contributed by atoms with van der Waals surface area (Å²) in [5.41, 5.74) is 3.24. The highest BCUT2D eigenvalue weighted by molar-refractivity contribution is 7.89. The molecule has 1 aromatic carbocycles. The Bertz CT molecular complexity index is 1080. The molecule has 168 valence electrons. The lowest BCUT2D eigenvalue weighted by atomic mass is 10.1. The monoisotopic (exact) mass is 446 g/mol. The number of benzene rings is 1. The van der Waals surface area contributed by atoms with E-state index >= 15 is 0 Å². The number of hydrogen-bond acceptors (Lipinski definition) is 5. The SMILES string of the molecule is Cc1cc(C(=O)CN2CCN(C(=O)c3ccc(S(=O)(=O)N(C)C)cc3)CC2)c(C)n1C. The molecule has 2 heterocycles. The lowest BCUT2D eigenvalue weighted by molar-refractivity contribution is 0.0624. The number of sulfonamides is 1. The standard InChI is InChI=1S/C22H30N4O4S/c1-16-14-20(17(2)24(16)5)21(27)15-25-10-12-26(13-11-25)22(28)18-6-8-19(9-7-18)31(29,30)23(3)4/h6-9,14H,10-13,15H2,1-5H3. The van der Waals surface area contributed by atoms with E-state index in [9.17, 15) is 18.0 Å². The second kappa shape index (κ2) is 8.94. The van der Waals surface area contributed by atoms with E-state index in [2.05, 4.69) is 4.90 Å². The van der Waals surface area contributed by atoms with Gasteiger partial charge in [-0.25, -0.2) is 12.7 Å². The molecule has 9 heteroatoms. The molecule has 0 bridgehead atoms. The lowest BCUT2D eigenvalue weighted by Crippen LogP contribution is -2.49. The molecule has 1 aliphatic rings. The van der Waals surface area contributed by atoms with Crippen LogP contribution in [0, 0.1) is 13.8 Å². The van der Waals surface area contributed by atoms with Crippen LogP contribution >= 0.6 is 0 Å². The van der Waals surface area contributed by atoms with Crippen molar-refractivity contribution in [2.24, 2.45) is 7.05 Å². The fourth-order valence-electron chi connectivity index (χ4n) is 3.70. The zero-order chi connectivity index (χ0) is 22.9. The van der Waals surface area contributed by atoms with Gasteiger partial charge in [0, 0.05) is 69.8 Å². The first kappa shape index (κ1) is 23.2. The first-order valence-electron chi connectivity index (χ1n) is 10.2. The van der Waals surface area contributed by atoms with Crippen LogP contribution in [0.25, 0.3) is 0 Å². The first-order valence-corrected chi connectivity index (χ1v) is 11.7. The summed E-state index contributed by atoms with van der Waals surface area (Å²) in [6.07, 6.45) is 0. The smallest absolute Gasteiger partial charge is 0.253 e.